The molecule has 0 spiro atoms. The van der Waals surface area contributed by atoms with Crippen molar-refractivity contribution < 1.29 is 18.5 Å². The molecule has 0 unspecified atom stereocenters. The van der Waals surface area contributed by atoms with Crippen LogP contribution in [0.3, 0.4) is 0 Å². The molecule has 1 fully saturated rings. The van der Waals surface area contributed by atoms with Gasteiger partial charge in [0.1, 0.15) is 0 Å². The average Bonchev–Trinajstić information content (AvgIpc) is 2.40. The summed E-state index contributed by atoms with van der Waals surface area (Å²) in [6, 6.07) is 5.73. The summed E-state index contributed by atoms with van der Waals surface area (Å²) < 4.78 is 24.6. The van der Waals surface area contributed by atoms with Gasteiger partial charge in [-0.1, -0.05) is 12.1 Å². The van der Waals surface area contributed by atoms with Crippen molar-refractivity contribution in [1.82, 2.24) is 5.32 Å². The second kappa shape index (κ2) is 5.40. The summed E-state index contributed by atoms with van der Waals surface area (Å²) in [6.07, 6.45) is 1.24. The molecular weight excluding hydrogens is 253 g/mol. The second-order valence-electron chi connectivity index (χ2n) is 4.44. The Morgan fingerprint density at radius 2 is 1.67 bits per heavy atom. The van der Waals surface area contributed by atoms with Gasteiger partial charge in [0, 0.05) is 0 Å². The highest BCUT2D eigenvalue weighted by atomic mass is 32.2. The molecule has 1 aromatic carbocycles. The molecule has 0 radical (unpaired) electrons. The van der Waals surface area contributed by atoms with E-state index in [-0.39, 0.29) is 10.1 Å². The molecule has 2 rings (SSSR count). The van der Waals surface area contributed by atoms with Gasteiger partial charge < -0.3 is 15.4 Å². The number of sulfone groups is 1. The maximum absolute atomic E-state index is 12.3. The molecular formula is C11H16BNO4S. The van der Waals surface area contributed by atoms with Crippen molar-refractivity contribution in [2.75, 3.05) is 13.1 Å². The first-order chi connectivity index (χ1) is 8.51. The van der Waals surface area contributed by atoms with Crippen molar-refractivity contribution in [3.63, 3.8) is 0 Å². The van der Waals surface area contributed by atoms with E-state index in [1.165, 1.54) is 24.3 Å². The zero-order chi connectivity index (χ0) is 13.2. The van der Waals surface area contributed by atoms with Gasteiger partial charge in [-0.2, -0.15) is 0 Å². The molecule has 0 bridgehead atoms. The Balaban J connectivity index is 2.23. The van der Waals surface area contributed by atoms with Gasteiger partial charge in [0.2, 0.25) is 0 Å². The average molecular weight is 269 g/mol. The molecule has 1 aromatic rings. The van der Waals surface area contributed by atoms with E-state index >= 15 is 0 Å². The van der Waals surface area contributed by atoms with E-state index in [0.717, 1.165) is 13.1 Å². The van der Waals surface area contributed by atoms with Gasteiger partial charge in [-0.3, -0.25) is 0 Å². The summed E-state index contributed by atoms with van der Waals surface area (Å²) in [6.45, 7) is 1.44. The van der Waals surface area contributed by atoms with Crippen LogP contribution < -0.4 is 10.8 Å². The van der Waals surface area contributed by atoms with Gasteiger partial charge >= 0.3 is 7.12 Å². The minimum Gasteiger partial charge on any atom is -0.423 e. The number of hydrogen-bond acceptors (Lipinski definition) is 5. The smallest absolute Gasteiger partial charge is 0.423 e. The normalized spacial score (nSPS) is 17.7. The molecule has 1 heterocycles. The van der Waals surface area contributed by atoms with Crippen molar-refractivity contribution in [1.29, 1.82) is 0 Å². The predicted molar refractivity (Wildman–Crippen MR) is 69.3 cm³/mol. The van der Waals surface area contributed by atoms with Gasteiger partial charge in [0.15, 0.2) is 9.84 Å². The standard InChI is InChI=1S/C11H16BNO4S/c14-12(15)9-1-3-10(4-2-9)18(16,17)11-5-7-13-8-6-11/h1-4,11,13-15H,5-8H2. The Bertz CT molecular complexity index is 494. The summed E-state index contributed by atoms with van der Waals surface area (Å²) in [5.41, 5.74) is 0.291. The molecule has 1 saturated heterocycles. The van der Waals surface area contributed by atoms with E-state index < -0.39 is 17.0 Å². The Morgan fingerprint density at radius 1 is 1.11 bits per heavy atom. The molecule has 5 nitrogen and oxygen atoms in total. The largest absolute Gasteiger partial charge is 0.488 e. The van der Waals surface area contributed by atoms with Crippen LogP contribution in [0.25, 0.3) is 0 Å². The van der Waals surface area contributed by atoms with Crippen LogP contribution in [0.1, 0.15) is 12.8 Å². The van der Waals surface area contributed by atoms with E-state index in [0.29, 0.717) is 18.3 Å². The summed E-state index contributed by atoms with van der Waals surface area (Å²) in [5.74, 6) is 0. The lowest BCUT2D eigenvalue weighted by Gasteiger charge is -2.22. The van der Waals surface area contributed by atoms with Crippen molar-refractivity contribution in [2.24, 2.45) is 0 Å². The summed E-state index contributed by atoms with van der Waals surface area (Å²) >= 11 is 0. The molecule has 7 heteroatoms. The van der Waals surface area contributed by atoms with Crippen LogP contribution in [-0.2, 0) is 9.84 Å². The van der Waals surface area contributed by atoms with Crippen molar-refractivity contribution in [3.05, 3.63) is 24.3 Å². The van der Waals surface area contributed by atoms with E-state index in [4.69, 9.17) is 10.0 Å². The maximum Gasteiger partial charge on any atom is 0.488 e. The topological polar surface area (TPSA) is 86.6 Å². The van der Waals surface area contributed by atoms with E-state index in [1.807, 2.05) is 0 Å². The summed E-state index contributed by atoms with van der Waals surface area (Å²) in [4.78, 5) is 0.249. The Labute approximate surface area is 107 Å². The van der Waals surface area contributed by atoms with Gasteiger partial charge in [0.05, 0.1) is 10.1 Å². The predicted octanol–water partition coefficient (Wildman–Crippen LogP) is -1.11. The highest BCUT2D eigenvalue weighted by Gasteiger charge is 2.28. The fourth-order valence-corrected chi connectivity index (χ4v) is 3.88. The number of piperidine rings is 1. The molecule has 0 atom stereocenters. The van der Waals surface area contributed by atoms with Gasteiger partial charge in [0.25, 0.3) is 0 Å². The van der Waals surface area contributed by atoms with Gasteiger partial charge in [-0.15, -0.1) is 0 Å². The van der Waals surface area contributed by atoms with Crippen LogP contribution in [-0.4, -0.2) is 43.9 Å². The van der Waals surface area contributed by atoms with Crippen LogP contribution in [0.2, 0.25) is 0 Å². The quantitative estimate of drug-likeness (QED) is 0.606. The first kappa shape index (κ1) is 13.5. The molecule has 0 aliphatic carbocycles. The lowest BCUT2D eigenvalue weighted by molar-refractivity contribution is 0.425. The number of benzene rings is 1. The van der Waals surface area contributed by atoms with Gasteiger partial charge in [-0.05, 0) is 43.5 Å². The molecule has 98 valence electrons. The third-order valence-corrected chi connectivity index (χ3v) is 5.51. The second-order valence-corrected chi connectivity index (χ2v) is 6.67. The summed E-state index contributed by atoms with van der Waals surface area (Å²) in [7, 11) is -4.88. The van der Waals surface area contributed by atoms with Crippen molar-refractivity contribution >= 4 is 22.4 Å². The highest BCUT2D eigenvalue weighted by molar-refractivity contribution is 7.92. The maximum atomic E-state index is 12.3. The molecule has 0 saturated carbocycles. The summed E-state index contributed by atoms with van der Waals surface area (Å²) in [5, 5.41) is 20.7. The molecule has 1 aliphatic heterocycles. The zero-order valence-electron chi connectivity index (χ0n) is 9.91. The van der Waals surface area contributed by atoms with Crippen LogP contribution in [0.15, 0.2) is 29.2 Å². The molecule has 0 amide bonds. The number of hydrogen-bond donors (Lipinski definition) is 3. The third-order valence-electron chi connectivity index (χ3n) is 3.23. The first-order valence-corrected chi connectivity index (χ1v) is 7.47. The minimum atomic E-state index is -3.31. The van der Waals surface area contributed by atoms with Crippen molar-refractivity contribution in [3.8, 4) is 0 Å². The molecule has 1 aliphatic rings. The molecule has 18 heavy (non-hydrogen) atoms. The Morgan fingerprint density at radius 3 is 2.17 bits per heavy atom. The number of nitrogens with one attached hydrogen (secondary N) is 1. The molecule has 0 aromatic heterocycles. The van der Waals surface area contributed by atoms with Crippen LogP contribution in [0.5, 0.6) is 0 Å². The fourth-order valence-electron chi connectivity index (χ4n) is 2.13. The van der Waals surface area contributed by atoms with E-state index in [1.54, 1.807) is 0 Å². The van der Waals surface area contributed by atoms with Crippen LogP contribution in [0, 0.1) is 0 Å². The first-order valence-electron chi connectivity index (χ1n) is 5.92. The lowest BCUT2D eigenvalue weighted by atomic mass is 9.81. The van der Waals surface area contributed by atoms with Crippen LogP contribution in [0.4, 0.5) is 0 Å². The van der Waals surface area contributed by atoms with E-state index in [9.17, 15) is 8.42 Å². The Hall–Kier alpha value is -0.885. The van der Waals surface area contributed by atoms with Gasteiger partial charge in [-0.25, -0.2) is 8.42 Å². The van der Waals surface area contributed by atoms with Crippen LogP contribution >= 0.6 is 0 Å². The monoisotopic (exact) mass is 269 g/mol. The molecule has 3 N–H and O–H groups in total. The SMILES string of the molecule is O=S(=O)(c1ccc(B(O)O)cc1)C1CCNCC1. The fraction of sp³-hybridized carbons (Fsp3) is 0.455. The highest BCUT2D eigenvalue weighted by Crippen LogP contribution is 2.21. The van der Waals surface area contributed by atoms with Crippen molar-refractivity contribution in [2.45, 2.75) is 23.0 Å². The van der Waals surface area contributed by atoms with E-state index in [2.05, 4.69) is 5.32 Å². The Kier molecular flexibility index (Phi) is 4.06. The number of rotatable bonds is 3. The zero-order valence-corrected chi connectivity index (χ0v) is 10.7. The lowest BCUT2D eigenvalue weighted by Crippen LogP contribution is -2.36. The third kappa shape index (κ3) is 2.75. The minimum absolute atomic E-state index is 0.249.